The predicted octanol–water partition coefficient (Wildman–Crippen LogP) is 3.19. The molecule has 1 heterocycles. The molecule has 0 spiro atoms. The number of amides is 1. The van der Waals surface area contributed by atoms with Crippen molar-refractivity contribution < 1.29 is 4.79 Å². The molecular formula is C19H32N2O. The molecule has 5 fully saturated rings. The van der Waals surface area contributed by atoms with Crippen LogP contribution in [0.2, 0.25) is 0 Å². The lowest BCUT2D eigenvalue weighted by Crippen LogP contribution is -2.61. The quantitative estimate of drug-likeness (QED) is 0.850. The first-order chi connectivity index (χ1) is 10.3. The van der Waals surface area contributed by atoms with Gasteiger partial charge in [0.25, 0.3) is 0 Å². The molecule has 5 rings (SSSR count). The zero-order valence-corrected chi connectivity index (χ0v) is 14.6. The van der Waals surface area contributed by atoms with Crippen LogP contribution in [0, 0.1) is 22.2 Å². The van der Waals surface area contributed by atoms with Crippen molar-refractivity contribution in [3.8, 4) is 0 Å². The van der Waals surface area contributed by atoms with Gasteiger partial charge in [0.2, 0.25) is 5.91 Å². The largest absolute Gasteiger partial charge is 0.353 e. The minimum Gasteiger partial charge on any atom is -0.353 e. The zero-order valence-electron chi connectivity index (χ0n) is 14.6. The van der Waals surface area contributed by atoms with Crippen molar-refractivity contribution in [2.75, 3.05) is 20.1 Å². The van der Waals surface area contributed by atoms with Crippen LogP contribution in [0.4, 0.5) is 0 Å². The van der Waals surface area contributed by atoms with Gasteiger partial charge in [-0.1, -0.05) is 13.8 Å². The summed E-state index contributed by atoms with van der Waals surface area (Å²) in [6.07, 6.45) is 9.77. The molecule has 4 saturated carbocycles. The number of carbonyl (C=O) groups excluding carboxylic acids is 1. The van der Waals surface area contributed by atoms with Crippen LogP contribution in [0.1, 0.15) is 65.2 Å². The highest BCUT2D eigenvalue weighted by atomic mass is 16.2. The Morgan fingerprint density at radius 1 is 1.00 bits per heavy atom. The summed E-state index contributed by atoms with van der Waals surface area (Å²) in [5.41, 5.74) is 0.822. The average molecular weight is 304 g/mol. The third-order valence-corrected chi connectivity index (χ3v) is 7.16. The Labute approximate surface area is 135 Å². The van der Waals surface area contributed by atoms with E-state index in [4.69, 9.17) is 0 Å². The number of hydrogen-bond acceptors (Lipinski definition) is 2. The molecule has 1 amide bonds. The molecule has 3 heteroatoms. The van der Waals surface area contributed by atoms with E-state index in [-0.39, 0.29) is 5.41 Å². The summed E-state index contributed by atoms with van der Waals surface area (Å²) in [4.78, 5) is 15.6. The lowest BCUT2D eigenvalue weighted by atomic mass is 9.40. The Kier molecular flexibility index (Phi) is 3.21. The Bertz CT molecular complexity index is 462. The minimum absolute atomic E-state index is 0.0355. The normalized spacial score (nSPS) is 48.6. The maximum Gasteiger partial charge on any atom is 0.226 e. The molecule has 1 aliphatic heterocycles. The van der Waals surface area contributed by atoms with Gasteiger partial charge in [0.1, 0.15) is 0 Å². The van der Waals surface area contributed by atoms with E-state index >= 15 is 0 Å². The standard InChI is InChI=1S/C19H32N2O/c1-17-8-14-9-18(2,11-17)13-19(10-14,12-17)16(22)20-15-4-6-21(3)7-5-15/h14-15H,4-13H2,1-3H3,(H,20,22)/t14?,17-,18-,19?/m1/s1. The van der Waals surface area contributed by atoms with Crippen LogP contribution in [0.5, 0.6) is 0 Å². The second kappa shape index (κ2) is 4.72. The smallest absolute Gasteiger partial charge is 0.226 e. The summed E-state index contributed by atoms with van der Waals surface area (Å²) in [5.74, 6) is 1.21. The molecule has 124 valence electrons. The van der Waals surface area contributed by atoms with Crippen molar-refractivity contribution >= 4 is 5.91 Å². The van der Waals surface area contributed by atoms with Gasteiger partial charge in [0, 0.05) is 6.04 Å². The van der Waals surface area contributed by atoms with Gasteiger partial charge in [-0.25, -0.2) is 0 Å². The first-order valence-corrected chi connectivity index (χ1v) is 9.30. The van der Waals surface area contributed by atoms with Crippen LogP contribution >= 0.6 is 0 Å². The second-order valence-corrected chi connectivity index (χ2v) is 9.96. The predicted molar refractivity (Wildman–Crippen MR) is 88.5 cm³/mol. The molecule has 5 aliphatic rings. The first-order valence-electron chi connectivity index (χ1n) is 9.30. The van der Waals surface area contributed by atoms with Gasteiger partial charge in [-0.15, -0.1) is 0 Å². The summed E-state index contributed by atoms with van der Waals surface area (Å²) >= 11 is 0. The monoisotopic (exact) mass is 304 g/mol. The van der Waals surface area contributed by atoms with Crippen molar-refractivity contribution in [2.45, 2.75) is 71.3 Å². The van der Waals surface area contributed by atoms with Crippen LogP contribution in [-0.2, 0) is 4.79 Å². The molecule has 22 heavy (non-hydrogen) atoms. The van der Waals surface area contributed by atoms with Crippen molar-refractivity contribution in [3.05, 3.63) is 0 Å². The maximum atomic E-state index is 13.2. The fourth-order valence-corrected chi connectivity index (χ4v) is 7.19. The molecule has 2 atom stereocenters. The van der Waals surface area contributed by atoms with Crippen LogP contribution in [-0.4, -0.2) is 37.0 Å². The average Bonchev–Trinajstić information content (AvgIpc) is 2.37. The van der Waals surface area contributed by atoms with E-state index in [9.17, 15) is 4.79 Å². The molecule has 4 aliphatic carbocycles. The molecule has 0 radical (unpaired) electrons. The van der Waals surface area contributed by atoms with Gasteiger partial charge in [-0.2, -0.15) is 0 Å². The minimum atomic E-state index is -0.0355. The van der Waals surface area contributed by atoms with Crippen LogP contribution in [0.25, 0.3) is 0 Å². The van der Waals surface area contributed by atoms with Gasteiger partial charge in [-0.3, -0.25) is 4.79 Å². The molecule has 1 saturated heterocycles. The third-order valence-electron chi connectivity index (χ3n) is 7.16. The van der Waals surface area contributed by atoms with E-state index in [0.29, 0.717) is 22.8 Å². The van der Waals surface area contributed by atoms with Gasteiger partial charge < -0.3 is 10.2 Å². The van der Waals surface area contributed by atoms with Gasteiger partial charge in [-0.05, 0) is 88.3 Å². The summed E-state index contributed by atoms with van der Waals surface area (Å²) in [6, 6.07) is 0.414. The number of likely N-dealkylation sites (tertiary alicyclic amines) is 1. The van der Waals surface area contributed by atoms with E-state index in [1.807, 2.05) is 0 Å². The van der Waals surface area contributed by atoms with E-state index < -0.39 is 0 Å². The van der Waals surface area contributed by atoms with E-state index in [2.05, 4.69) is 31.1 Å². The van der Waals surface area contributed by atoms with Crippen LogP contribution < -0.4 is 5.32 Å². The van der Waals surface area contributed by atoms with Crippen molar-refractivity contribution in [3.63, 3.8) is 0 Å². The van der Waals surface area contributed by atoms with Gasteiger partial charge in [0.05, 0.1) is 5.41 Å². The number of rotatable bonds is 2. The van der Waals surface area contributed by atoms with Gasteiger partial charge in [0.15, 0.2) is 0 Å². The van der Waals surface area contributed by atoms with Gasteiger partial charge >= 0.3 is 0 Å². The van der Waals surface area contributed by atoms with Crippen molar-refractivity contribution in [1.29, 1.82) is 0 Å². The van der Waals surface area contributed by atoms with E-state index in [1.165, 1.54) is 19.3 Å². The molecule has 0 aromatic heterocycles. The highest BCUT2D eigenvalue weighted by Crippen LogP contribution is 2.69. The number of nitrogens with zero attached hydrogens (tertiary/aromatic N) is 1. The Hall–Kier alpha value is -0.570. The Morgan fingerprint density at radius 3 is 2.14 bits per heavy atom. The van der Waals surface area contributed by atoms with Crippen molar-refractivity contribution in [2.24, 2.45) is 22.2 Å². The molecule has 0 aromatic carbocycles. The SMILES string of the molecule is CN1CCC(NC(=O)C23CC4C[C@@](C)(C2)C[C@@](C)(C4)C3)CC1. The highest BCUT2D eigenvalue weighted by molar-refractivity contribution is 5.83. The number of hydrogen-bond donors (Lipinski definition) is 1. The Balaban J connectivity index is 1.50. The summed E-state index contributed by atoms with van der Waals surface area (Å²) < 4.78 is 0. The lowest BCUT2D eigenvalue weighted by Gasteiger charge is -2.64. The Morgan fingerprint density at radius 2 is 1.59 bits per heavy atom. The van der Waals surface area contributed by atoms with Crippen LogP contribution in [0.3, 0.4) is 0 Å². The molecule has 1 N–H and O–H groups in total. The number of piperidine rings is 1. The van der Waals surface area contributed by atoms with E-state index in [1.54, 1.807) is 0 Å². The fourth-order valence-electron chi connectivity index (χ4n) is 7.19. The lowest BCUT2D eigenvalue weighted by molar-refractivity contribution is -0.171. The third kappa shape index (κ3) is 2.40. The molecule has 3 nitrogen and oxygen atoms in total. The first kappa shape index (κ1) is 15.0. The number of carbonyl (C=O) groups is 1. The number of nitrogens with one attached hydrogen (secondary N) is 1. The topological polar surface area (TPSA) is 32.3 Å². The zero-order chi connectivity index (χ0) is 15.6. The van der Waals surface area contributed by atoms with Crippen LogP contribution in [0.15, 0.2) is 0 Å². The summed E-state index contributed by atoms with van der Waals surface area (Å²) in [6.45, 7) is 7.15. The summed E-state index contributed by atoms with van der Waals surface area (Å²) in [5, 5.41) is 3.47. The fraction of sp³-hybridized carbons (Fsp3) is 0.947. The molecular weight excluding hydrogens is 272 g/mol. The van der Waals surface area contributed by atoms with Crippen molar-refractivity contribution in [1.82, 2.24) is 10.2 Å². The molecule has 0 unspecified atom stereocenters. The maximum absolute atomic E-state index is 13.2. The highest BCUT2D eigenvalue weighted by Gasteiger charge is 2.62. The molecule has 4 bridgehead atoms. The summed E-state index contributed by atoms with van der Waals surface area (Å²) in [7, 11) is 2.18. The second-order valence-electron chi connectivity index (χ2n) is 9.96. The molecule has 0 aromatic rings. The van der Waals surface area contributed by atoms with E-state index in [0.717, 1.165) is 51.1 Å².